The molecule has 0 aliphatic rings. The summed E-state index contributed by atoms with van der Waals surface area (Å²) < 4.78 is 5.27. The molecule has 7 nitrogen and oxygen atoms in total. The van der Waals surface area contributed by atoms with Gasteiger partial charge in [0.15, 0.2) is 6.10 Å². The summed E-state index contributed by atoms with van der Waals surface area (Å²) >= 11 is 0. The second kappa shape index (κ2) is 7.22. The number of urea groups is 1. The van der Waals surface area contributed by atoms with Crippen LogP contribution >= 0.6 is 0 Å². The molecule has 7 heteroatoms. The molecule has 104 valence electrons. The summed E-state index contributed by atoms with van der Waals surface area (Å²) in [6.07, 6.45) is -1.62. The number of amides is 2. The van der Waals surface area contributed by atoms with Crippen molar-refractivity contribution >= 4 is 17.7 Å². The highest BCUT2D eigenvalue weighted by molar-refractivity contribution is 5.89. The minimum absolute atomic E-state index is 0.369. The van der Waals surface area contributed by atoms with Crippen LogP contribution in [0.25, 0.3) is 0 Å². The van der Waals surface area contributed by atoms with Crippen LogP contribution in [0, 0.1) is 0 Å². The number of benzene rings is 1. The van der Waals surface area contributed by atoms with Gasteiger partial charge >= 0.3 is 12.0 Å². The second-order valence-electron chi connectivity index (χ2n) is 3.65. The van der Waals surface area contributed by atoms with Crippen molar-refractivity contribution in [1.82, 2.24) is 5.32 Å². The predicted molar refractivity (Wildman–Crippen MR) is 68.3 cm³/mol. The predicted octanol–water partition coefficient (Wildman–Crippen LogP) is 0.652. The lowest BCUT2D eigenvalue weighted by atomic mass is 10.3. The molecular formula is C12H16N2O5. The molecule has 0 aliphatic carbocycles. The van der Waals surface area contributed by atoms with Gasteiger partial charge in [0.1, 0.15) is 5.75 Å². The van der Waals surface area contributed by atoms with Gasteiger partial charge in [0.2, 0.25) is 0 Å². The highest BCUT2D eigenvalue weighted by Gasteiger charge is 2.13. The van der Waals surface area contributed by atoms with Crippen molar-refractivity contribution in [3.8, 4) is 5.75 Å². The van der Waals surface area contributed by atoms with Crippen molar-refractivity contribution in [3.63, 3.8) is 0 Å². The van der Waals surface area contributed by atoms with E-state index in [1.165, 1.54) is 0 Å². The fraction of sp³-hybridized carbons (Fsp3) is 0.333. The summed E-state index contributed by atoms with van der Waals surface area (Å²) in [6.45, 7) is 1.99. The van der Waals surface area contributed by atoms with Crippen LogP contribution in [0.2, 0.25) is 0 Å². The van der Waals surface area contributed by atoms with Crippen LogP contribution in [0.15, 0.2) is 24.3 Å². The van der Waals surface area contributed by atoms with Crippen LogP contribution in [-0.2, 0) is 4.79 Å². The molecule has 0 spiro atoms. The summed E-state index contributed by atoms with van der Waals surface area (Å²) in [7, 11) is 0. The van der Waals surface area contributed by atoms with E-state index in [0.717, 1.165) is 0 Å². The molecule has 1 rings (SSSR count). The number of carboxylic acids is 1. The van der Waals surface area contributed by atoms with Gasteiger partial charge in [-0.15, -0.1) is 0 Å². The number of aliphatic hydroxyl groups is 1. The number of aliphatic hydroxyl groups excluding tert-OH is 1. The molecule has 1 atom stereocenters. The van der Waals surface area contributed by atoms with Gasteiger partial charge in [0, 0.05) is 11.8 Å². The number of anilines is 1. The van der Waals surface area contributed by atoms with Gasteiger partial charge < -0.3 is 25.6 Å². The molecule has 0 aliphatic heterocycles. The largest absolute Gasteiger partial charge is 0.494 e. The Morgan fingerprint density at radius 2 is 2.16 bits per heavy atom. The summed E-state index contributed by atoms with van der Waals surface area (Å²) in [5, 5.41) is 22.2. The van der Waals surface area contributed by atoms with E-state index < -0.39 is 18.1 Å². The molecule has 1 aromatic carbocycles. The zero-order valence-electron chi connectivity index (χ0n) is 10.4. The van der Waals surface area contributed by atoms with E-state index in [-0.39, 0.29) is 6.54 Å². The maximum Gasteiger partial charge on any atom is 0.334 e. The number of ether oxygens (including phenoxy) is 1. The lowest BCUT2D eigenvalue weighted by molar-refractivity contribution is -0.146. The minimum atomic E-state index is -1.62. The SMILES string of the molecule is CCOc1cccc(NC(=O)NCC(O)C(=O)O)c1. The van der Waals surface area contributed by atoms with E-state index >= 15 is 0 Å². The van der Waals surface area contributed by atoms with Gasteiger partial charge in [-0.2, -0.15) is 0 Å². The van der Waals surface area contributed by atoms with Crippen molar-refractivity contribution in [2.75, 3.05) is 18.5 Å². The third kappa shape index (κ3) is 5.26. The fourth-order valence-electron chi connectivity index (χ4n) is 1.28. The van der Waals surface area contributed by atoms with Crippen LogP contribution < -0.4 is 15.4 Å². The van der Waals surface area contributed by atoms with E-state index in [1.807, 2.05) is 6.92 Å². The molecule has 4 N–H and O–H groups in total. The van der Waals surface area contributed by atoms with Crippen LogP contribution in [0.5, 0.6) is 5.75 Å². The molecule has 0 bridgehead atoms. The molecule has 0 fully saturated rings. The standard InChI is InChI=1S/C12H16N2O5/c1-2-19-9-5-3-4-8(6-9)14-12(18)13-7-10(15)11(16)17/h3-6,10,15H,2,7H2,1H3,(H,16,17)(H2,13,14,18). The molecule has 0 heterocycles. The Morgan fingerprint density at radius 3 is 2.79 bits per heavy atom. The first-order valence-corrected chi connectivity index (χ1v) is 5.71. The van der Waals surface area contributed by atoms with Crippen molar-refractivity contribution in [2.24, 2.45) is 0 Å². The van der Waals surface area contributed by atoms with Crippen molar-refractivity contribution in [2.45, 2.75) is 13.0 Å². The molecule has 1 aromatic rings. The number of aliphatic carboxylic acids is 1. The maximum absolute atomic E-state index is 11.4. The molecule has 0 radical (unpaired) electrons. The van der Waals surface area contributed by atoms with Crippen LogP contribution in [0.1, 0.15) is 6.92 Å². The van der Waals surface area contributed by atoms with Gasteiger partial charge in [-0.1, -0.05) is 6.07 Å². The maximum atomic E-state index is 11.4. The van der Waals surface area contributed by atoms with E-state index in [2.05, 4.69) is 10.6 Å². The second-order valence-corrected chi connectivity index (χ2v) is 3.65. The van der Waals surface area contributed by atoms with E-state index in [4.69, 9.17) is 14.9 Å². The number of carboxylic acid groups (broad SMARTS) is 1. The number of rotatable bonds is 6. The van der Waals surface area contributed by atoms with Gasteiger partial charge in [-0.05, 0) is 19.1 Å². The number of hydrogen-bond donors (Lipinski definition) is 4. The number of hydrogen-bond acceptors (Lipinski definition) is 4. The lowest BCUT2D eigenvalue weighted by Crippen LogP contribution is -2.38. The summed E-state index contributed by atoms with van der Waals surface area (Å²) in [5.74, 6) is -0.774. The van der Waals surface area contributed by atoms with E-state index in [1.54, 1.807) is 24.3 Å². The average molecular weight is 268 g/mol. The quantitative estimate of drug-likeness (QED) is 0.606. The molecule has 0 saturated heterocycles. The number of carbonyl (C=O) groups is 2. The third-order valence-electron chi connectivity index (χ3n) is 2.14. The van der Waals surface area contributed by atoms with Gasteiger partial charge in [-0.3, -0.25) is 0 Å². The summed E-state index contributed by atoms with van der Waals surface area (Å²) in [5.41, 5.74) is 0.508. The Hall–Kier alpha value is -2.28. The Kier molecular flexibility index (Phi) is 5.62. The zero-order valence-corrected chi connectivity index (χ0v) is 10.4. The van der Waals surface area contributed by atoms with Crippen molar-refractivity contribution in [3.05, 3.63) is 24.3 Å². The average Bonchev–Trinajstić information content (AvgIpc) is 2.36. The molecule has 1 unspecified atom stereocenters. The van der Waals surface area contributed by atoms with Crippen LogP contribution in [0.3, 0.4) is 0 Å². The molecular weight excluding hydrogens is 252 g/mol. The number of nitrogens with one attached hydrogen (secondary N) is 2. The van der Waals surface area contributed by atoms with Crippen LogP contribution in [-0.4, -0.2) is 41.5 Å². The van der Waals surface area contributed by atoms with Gasteiger partial charge in [-0.25, -0.2) is 9.59 Å². The Bertz CT molecular complexity index is 450. The third-order valence-corrected chi connectivity index (χ3v) is 2.14. The van der Waals surface area contributed by atoms with Gasteiger partial charge in [0.25, 0.3) is 0 Å². The first kappa shape index (κ1) is 14.8. The van der Waals surface area contributed by atoms with Crippen LogP contribution in [0.4, 0.5) is 10.5 Å². The minimum Gasteiger partial charge on any atom is -0.494 e. The Balaban J connectivity index is 2.48. The fourth-order valence-corrected chi connectivity index (χ4v) is 1.28. The molecule has 0 saturated carbocycles. The zero-order chi connectivity index (χ0) is 14.3. The monoisotopic (exact) mass is 268 g/mol. The lowest BCUT2D eigenvalue weighted by Gasteiger charge is -2.10. The van der Waals surface area contributed by atoms with E-state index in [9.17, 15) is 9.59 Å². The summed E-state index contributed by atoms with van der Waals surface area (Å²) in [4.78, 5) is 21.8. The molecule has 0 aromatic heterocycles. The highest BCUT2D eigenvalue weighted by Crippen LogP contribution is 2.16. The molecule has 19 heavy (non-hydrogen) atoms. The first-order chi connectivity index (χ1) is 9.02. The Morgan fingerprint density at radius 1 is 1.42 bits per heavy atom. The Labute approximate surface area is 110 Å². The topological polar surface area (TPSA) is 108 Å². The van der Waals surface area contributed by atoms with E-state index in [0.29, 0.717) is 18.0 Å². The smallest absolute Gasteiger partial charge is 0.334 e. The first-order valence-electron chi connectivity index (χ1n) is 5.71. The highest BCUT2D eigenvalue weighted by atomic mass is 16.5. The normalized spacial score (nSPS) is 11.5. The van der Waals surface area contributed by atoms with Crippen molar-refractivity contribution < 1.29 is 24.5 Å². The van der Waals surface area contributed by atoms with Crippen molar-refractivity contribution in [1.29, 1.82) is 0 Å². The van der Waals surface area contributed by atoms with Gasteiger partial charge in [0.05, 0.1) is 13.2 Å². The summed E-state index contributed by atoms with van der Waals surface area (Å²) in [6, 6.07) is 6.16. The molecule has 2 amide bonds. The number of carbonyl (C=O) groups excluding carboxylic acids is 1.